The summed E-state index contributed by atoms with van der Waals surface area (Å²) >= 11 is 0. The van der Waals surface area contributed by atoms with Crippen molar-refractivity contribution in [3.05, 3.63) is 65.7 Å². The molecule has 2 aromatic carbocycles. The molecule has 1 fully saturated rings. The lowest BCUT2D eigenvalue weighted by atomic mass is 9.96. The van der Waals surface area contributed by atoms with Gasteiger partial charge in [0, 0.05) is 18.8 Å². The molecule has 1 saturated heterocycles. The molecule has 0 radical (unpaired) electrons. The third kappa shape index (κ3) is 4.36. The Morgan fingerprint density at radius 1 is 1.04 bits per heavy atom. The Hall–Kier alpha value is -2.33. The highest BCUT2D eigenvalue weighted by molar-refractivity contribution is 5.99. The quantitative estimate of drug-likeness (QED) is 0.832. The van der Waals surface area contributed by atoms with Crippen LogP contribution in [0.15, 0.2) is 54.6 Å². The molecule has 0 unspecified atom stereocenters. The van der Waals surface area contributed by atoms with Crippen LogP contribution in [-0.4, -0.2) is 30.4 Å². The van der Waals surface area contributed by atoms with Crippen LogP contribution in [0.25, 0.3) is 0 Å². The van der Waals surface area contributed by atoms with Crippen molar-refractivity contribution >= 4 is 11.6 Å². The van der Waals surface area contributed by atoms with Gasteiger partial charge >= 0.3 is 0 Å². The number of rotatable bonds is 5. The number of hydrogen-bond donors (Lipinski definition) is 2. The van der Waals surface area contributed by atoms with Gasteiger partial charge in [-0.2, -0.15) is 0 Å². The summed E-state index contributed by atoms with van der Waals surface area (Å²) in [6.45, 7) is 3.92. The highest BCUT2D eigenvalue weighted by Gasteiger charge is 2.20. The van der Waals surface area contributed by atoms with Crippen LogP contribution in [0.1, 0.15) is 28.8 Å². The average Bonchev–Trinajstić information content (AvgIpc) is 2.62. The van der Waals surface area contributed by atoms with Gasteiger partial charge in [0.15, 0.2) is 0 Å². The maximum atomic E-state index is 12.2. The highest BCUT2D eigenvalue weighted by atomic mass is 16.1. The fraction of sp³-hybridized carbons (Fsp3) is 0.350. The van der Waals surface area contributed by atoms with Gasteiger partial charge in [-0.1, -0.05) is 42.5 Å². The molecule has 0 atom stereocenters. The topological polar surface area (TPSA) is 58.4 Å². The molecule has 1 heterocycles. The van der Waals surface area contributed by atoms with Gasteiger partial charge in [-0.25, -0.2) is 0 Å². The van der Waals surface area contributed by atoms with E-state index in [0.717, 1.165) is 39.0 Å². The molecule has 0 bridgehead atoms. The molecule has 2 aromatic rings. The first-order chi connectivity index (χ1) is 11.7. The molecule has 3 rings (SSSR count). The number of nitrogens with zero attached hydrogens (tertiary/aromatic N) is 1. The van der Waals surface area contributed by atoms with Crippen molar-refractivity contribution in [2.24, 2.45) is 5.92 Å². The summed E-state index contributed by atoms with van der Waals surface area (Å²) in [5.41, 5.74) is 8.32. The summed E-state index contributed by atoms with van der Waals surface area (Å²) in [4.78, 5) is 14.7. The summed E-state index contributed by atoms with van der Waals surface area (Å²) in [5, 5.41) is 3.04. The number of para-hydroxylation sites is 1. The van der Waals surface area contributed by atoms with Crippen LogP contribution in [0.3, 0.4) is 0 Å². The summed E-state index contributed by atoms with van der Waals surface area (Å²) in [6.07, 6.45) is 2.24. The van der Waals surface area contributed by atoms with Crippen molar-refractivity contribution < 1.29 is 4.79 Å². The van der Waals surface area contributed by atoms with Gasteiger partial charge in [0.1, 0.15) is 0 Å². The van der Waals surface area contributed by atoms with Crippen LogP contribution in [0, 0.1) is 5.92 Å². The van der Waals surface area contributed by atoms with Crippen LogP contribution in [-0.2, 0) is 6.54 Å². The molecular weight excluding hydrogens is 298 g/mol. The zero-order valence-corrected chi connectivity index (χ0v) is 13.9. The summed E-state index contributed by atoms with van der Waals surface area (Å²) < 4.78 is 0. The average molecular weight is 323 g/mol. The standard InChI is InChI=1S/C20H25N3O/c21-19-9-5-4-8-18(19)20(24)22-14-16-10-12-23(13-11-16)15-17-6-2-1-3-7-17/h1-9,16H,10-15,21H2,(H,22,24). The predicted molar refractivity (Wildman–Crippen MR) is 97.6 cm³/mol. The number of amides is 1. The molecule has 4 heteroatoms. The molecule has 0 spiro atoms. The van der Waals surface area contributed by atoms with Crippen molar-refractivity contribution in [2.45, 2.75) is 19.4 Å². The Morgan fingerprint density at radius 2 is 1.71 bits per heavy atom. The Labute approximate surface area is 143 Å². The molecule has 4 nitrogen and oxygen atoms in total. The number of piperidine rings is 1. The van der Waals surface area contributed by atoms with Crippen molar-refractivity contribution in [1.29, 1.82) is 0 Å². The van der Waals surface area contributed by atoms with Gasteiger partial charge in [0.05, 0.1) is 5.56 Å². The van der Waals surface area contributed by atoms with Crippen LogP contribution >= 0.6 is 0 Å². The van der Waals surface area contributed by atoms with E-state index < -0.39 is 0 Å². The highest BCUT2D eigenvalue weighted by Crippen LogP contribution is 2.19. The van der Waals surface area contributed by atoms with E-state index in [0.29, 0.717) is 17.2 Å². The minimum Gasteiger partial charge on any atom is -0.398 e. The van der Waals surface area contributed by atoms with Gasteiger partial charge in [0.2, 0.25) is 0 Å². The van der Waals surface area contributed by atoms with E-state index >= 15 is 0 Å². The third-order valence-electron chi connectivity index (χ3n) is 4.71. The second kappa shape index (κ2) is 7.97. The Bertz CT molecular complexity index is 664. The lowest BCUT2D eigenvalue weighted by Crippen LogP contribution is -2.38. The maximum Gasteiger partial charge on any atom is 0.253 e. The third-order valence-corrected chi connectivity index (χ3v) is 4.71. The molecular formula is C20H25N3O. The van der Waals surface area contributed by atoms with E-state index in [4.69, 9.17) is 5.73 Å². The first-order valence-corrected chi connectivity index (χ1v) is 8.61. The molecule has 0 aromatic heterocycles. The van der Waals surface area contributed by atoms with Crippen LogP contribution < -0.4 is 11.1 Å². The van der Waals surface area contributed by atoms with Crippen LogP contribution in [0.5, 0.6) is 0 Å². The zero-order valence-electron chi connectivity index (χ0n) is 13.9. The molecule has 126 valence electrons. The number of benzene rings is 2. The van der Waals surface area contributed by atoms with E-state index in [1.165, 1.54) is 5.56 Å². The molecule has 3 N–H and O–H groups in total. The minimum absolute atomic E-state index is 0.0696. The van der Waals surface area contributed by atoms with Gasteiger partial charge in [-0.3, -0.25) is 9.69 Å². The molecule has 1 aliphatic rings. The number of nitrogen functional groups attached to an aromatic ring is 1. The number of carbonyl (C=O) groups is 1. The van der Waals surface area contributed by atoms with Crippen LogP contribution in [0.2, 0.25) is 0 Å². The summed E-state index contributed by atoms with van der Waals surface area (Å²) in [7, 11) is 0. The smallest absolute Gasteiger partial charge is 0.253 e. The largest absolute Gasteiger partial charge is 0.398 e. The summed E-state index contributed by atoms with van der Waals surface area (Å²) in [5.74, 6) is 0.478. The number of hydrogen-bond acceptors (Lipinski definition) is 3. The van der Waals surface area contributed by atoms with E-state index in [1.807, 2.05) is 12.1 Å². The Kier molecular flexibility index (Phi) is 5.49. The second-order valence-electron chi connectivity index (χ2n) is 6.50. The number of nitrogens with one attached hydrogen (secondary N) is 1. The van der Waals surface area contributed by atoms with Crippen molar-refractivity contribution in [2.75, 3.05) is 25.4 Å². The first kappa shape index (κ1) is 16.5. The van der Waals surface area contributed by atoms with E-state index in [9.17, 15) is 4.79 Å². The van der Waals surface area contributed by atoms with Gasteiger partial charge in [-0.15, -0.1) is 0 Å². The molecule has 24 heavy (non-hydrogen) atoms. The van der Waals surface area contributed by atoms with E-state index in [2.05, 4.69) is 40.5 Å². The SMILES string of the molecule is Nc1ccccc1C(=O)NCC1CCN(Cc2ccccc2)CC1. The summed E-state index contributed by atoms with van der Waals surface area (Å²) in [6, 6.07) is 17.8. The monoisotopic (exact) mass is 323 g/mol. The van der Waals surface area contributed by atoms with Crippen molar-refractivity contribution in [1.82, 2.24) is 10.2 Å². The molecule has 1 aliphatic heterocycles. The number of carbonyl (C=O) groups excluding carboxylic acids is 1. The van der Waals surface area contributed by atoms with Gasteiger partial charge in [-0.05, 0) is 49.5 Å². The number of nitrogens with two attached hydrogens (primary N) is 1. The Balaban J connectivity index is 1.43. The van der Waals surface area contributed by atoms with Crippen LogP contribution in [0.4, 0.5) is 5.69 Å². The predicted octanol–water partition coefficient (Wildman–Crippen LogP) is 2.91. The Morgan fingerprint density at radius 3 is 2.42 bits per heavy atom. The van der Waals surface area contributed by atoms with E-state index in [-0.39, 0.29) is 5.91 Å². The second-order valence-corrected chi connectivity index (χ2v) is 6.50. The lowest BCUT2D eigenvalue weighted by Gasteiger charge is -2.32. The number of likely N-dealkylation sites (tertiary alicyclic amines) is 1. The van der Waals surface area contributed by atoms with Crippen molar-refractivity contribution in [3.63, 3.8) is 0 Å². The number of anilines is 1. The fourth-order valence-corrected chi connectivity index (χ4v) is 3.23. The fourth-order valence-electron chi connectivity index (χ4n) is 3.23. The first-order valence-electron chi connectivity index (χ1n) is 8.61. The molecule has 0 saturated carbocycles. The van der Waals surface area contributed by atoms with Crippen molar-refractivity contribution in [3.8, 4) is 0 Å². The normalized spacial score (nSPS) is 16.0. The lowest BCUT2D eigenvalue weighted by molar-refractivity contribution is 0.0936. The van der Waals surface area contributed by atoms with E-state index in [1.54, 1.807) is 12.1 Å². The van der Waals surface area contributed by atoms with Gasteiger partial charge in [0.25, 0.3) is 5.91 Å². The molecule has 0 aliphatic carbocycles. The minimum atomic E-state index is -0.0696. The maximum absolute atomic E-state index is 12.2. The molecule has 1 amide bonds. The zero-order chi connectivity index (χ0) is 16.8. The van der Waals surface area contributed by atoms with Gasteiger partial charge < -0.3 is 11.1 Å².